The third-order valence-corrected chi connectivity index (χ3v) is 4.25. The fraction of sp³-hybridized carbons (Fsp3) is 0.733. The number of hydrogen-bond acceptors (Lipinski definition) is 2. The van der Waals surface area contributed by atoms with E-state index < -0.39 is 0 Å². The minimum absolute atomic E-state index is 0.0606. The summed E-state index contributed by atoms with van der Waals surface area (Å²) in [4.78, 5) is 25.3. The smallest absolute Gasteiger partial charge is 0.317 e. The largest absolute Gasteiger partial charge is 0.350 e. The number of likely N-dealkylation sites (tertiary alicyclic amines) is 1. The van der Waals surface area contributed by atoms with E-state index in [1.807, 2.05) is 4.90 Å². The number of urea groups is 1. The lowest BCUT2D eigenvalue weighted by molar-refractivity contribution is -0.117. The molecule has 2 N–H and O–H groups in total. The molecule has 0 aromatic heterocycles. The summed E-state index contributed by atoms with van der Waals surface area (Å²) in [7, 11) is 0. The van der Waals surface area contributed by atoms with E-state index in [0.29, 0.717) is 19.1 Å². The van der Waals surface area contributed by atoms with Gasteiger partial charge in [-0.25, -0.2) is 4.79 Å². The van der Waals surface area contributed by atoms with Gasteiger partial charge in [0.25, 0.3) is 0 Å². The lowest BCUT2D eigenvalue weighted by Crippen LogP contribution is -2.51. The molecule has 0 aromatic rings. The van der Waals surface area contributed by atoms with Crippen LogP contribution in [0.5, 0.6) is 0 Å². The van der Waals surface area contributed by atoms with Gasteiger partial charge in [0, 0.05) is 25.2 Å². The van der Waals surface area contributed by atoms with Gasteiger partial charge in [0.2, 0.25) is 5.91 Å². The Kier molecular flexibility index (Phi) is 5.44. The molecule has 1 saturated heterocycles. The van der Waals surface area contributed by atoms with Crippen LogP contribution in [0.4, 0.5) is 4.79 Å². The van der Waals surface area contributed by atoms with Gasteiger partial charge in [-0.2, -0.15) is 0 Å². The van der Waals surface area contributed by atoms with Crippen molar-refractivity contribution in [2.75, 3.05) is 13.1 Å². The van der Waals surface area contributed by atoms with E-state index in [1.54, 1.807) is 0 Å². The lowest BCUT2D eigenvalue weighted by Gasteiger charge is -2.34. The van der Waals surface area contributed by atoms with Gasteiger partial charge in [-0.3, -0.25) is 4.79 Å². The van der Waals surface area contributed by atoms with Gasteiger partial charge in [0.05, 0.1) is 0 Å². The molecule has 0 unspecified atom stereocenters. The predicted octanol–water partition coefficient (Wildman–Crippen LogP) is 1.80. The highest BCUT2D eigenvalue weighted by atomic mass is 16.2. The summed E-state index contributed by atoms with van der Waals surface area (Å²) in [5, 5.41) is 6.03. The summed E-state index contributed by atoms with van der Waals surface area (Å²) < 4.78 is 0. The molecule has 1 aliphatic heterocycles. The summed E-state index contributed by atoms with van der Waals surface area (Å²) in [6.07, 6.45) is 8.88. The molecule has 1 saturated carbocycles. The molecular formula is C15H25N3O2. The molecule has 0 aromatic carbocycles. The standard InChI is InChI=1S/C15H25N3O2/c1-2-14(19)16-13-8-10-18(11-9-13)15(20)17-12-6-4-3-5-7-12/h2,12-13H,1,3-11H2,(H,16,19)(H,17,20). The second-order valence-electron chi connectivity index (χ2n) is 5.76. The van der Waals surface area contributed by atoms with Crippen LogP contribution in [0.2, 0.25) is 0 Å². The van der Waals surface area contributed by atoms with Gasteiger partial charge < -0.3 is 15.5 Å². The van der Waals surface area contributed by atoms with Crippen LogP contribution in [0.1, 0.15) is 44.9 Å². The number of amides is 3. The molecule has 2 aliphatic rings. The molecule has 5 heteroatoms. The summed E-state index contributed by atoms with van der Waals surface area (Å²) in [6, 6.07) is 0.582. The van der Waals surface area contributed by atoms with E-state index in [1.165, 1.54) is 25.3 Å². The van der Waals surface area contributed by atoms with Crippen LogP contribution < -0.4 is 10.6 Å². The summed E-state index contributed by atoms with van der Waals surface area (Å²) >= 11 is 0. The average molecular weight is 279 g/mol. The highest BCUT2D eigenvalue weighted by Gasteiger charge is 2.25. The lowest BCUT2D eigenvalue weighted by atomic mass is 9.95. The first-order valence-electron chi connectivity index (χ1n) is 7.67. The Morgan fingerprint density at radius 2 is 1.55 bits per heavy atom. The monoisotopic (exact) mass is 279 g/mol. The molecular weight excluding hydrogens is 254 g/mol. The molecule has 5 nitrogen and oxygen atoms in total. The number of rotatable bonds is 3. The maximum absolute atomic E-state index is 12.2. The van der Waals surface area contributed by atoms with Crippen LogP contribution in [-0.4, -0.2) is 42.0 Å². The fourth-order valence-corrected chi connectivity index (χ4v) is 3.00. The zero-order valence-corrected chi connectivity index (χ0v) is 12.1. The first-order chi connectivity index (χ1) is 9.69. The van der Waals surface area contributed by atoms with Gasteiger partial charge in [-0.15, -0.1) is 0 Å². The van der Waals surface area contributed by atoms with Crippen molar-refractivity contribution in [2.45, 2.75) is 57.0 Å². The average Bonchev–Trinajstić information content (AvgIpc) is 2.49. The van der Waals surface area contributed by atoms with E-state index in [2.05, 4.69) is 17.2 Å². The van der Waals surface area contributed by atoms with Crippen molar-refractivity contribution in [3.63, 3.8) is 0 Å². The van der Waals surface area contributed by atoms with Gasteiger partial charge in [0.1, 0.15) is 0 Å². The van der Waals surface area contributed by atoms with Crippen molar-refractivity contribution in [3.8, 4) is 0 Å². The molecule has 1 heterocycles. The molecule has 20 heavy (non-hydrogen) atoms. The zero-order chi connectivity index (χ0) is 14.4. The number of nitrogens with zero attached hydrogens (tertiary/aromatic N) is 1. The van der Waals surface area contributed by atoms with E-state index in [0.717, 1.165) is 25.7 Å². The number of nitrogens with one attached hydrogen (secondary N) is 2. The molecule has 2 fully saturated rings. The zero-order valence-electron chi connectivity index (χ0n) is 12.1. The number of piperidine rings is 1. The van der Waals surface area contributed by atoms with Crippen molar-refractivity contribution in [2.24, 2.45) is 0 Å². The summed E-state index contributed by atoms with van der Waals surface area (Å²) in [5.74, 6) is -0.130. The van der Waals surface area contributed by atoms with E-state index >= 15 is 0 Å². The van der Waals surface area contributed by atoms with Gasteiger partial charge in [0.15, 0.2) is 0 Å². The topological polar surface area (TPSA) is 61.4 Å². The van der Waals surface area contributed by atoms with Crippen LogP contribution in [0, 0.1) is 0 Å². The Bertz CT molecular complexity index is 356. The fourth-order valence-electron chi connectivity index (χ4n) is 3.00. The SMILES string of the molecule is C=CC(=O)NC1CCN(C(=O)NC2CCCCC2)CC1. The van der Waals surface area contributed by atoms with E-state index in [-0.39, 0.29) is 18.0 Å². The van der Waals surface area contributed by atoms with Crippen LogP contribution in [-0.2, 0) is 4.79 Å². The van der Waals surface area contributed by atoms with Crippen molar-refractivity contribution in [1.29, 1.82) is 0 Å². The number of carbonyl (C=O) groups excluding carboxylic acids is 2. The van der Waals surface area contributed by atoms with Crippen LogP contribution in [0.15, 0.2) is 12.7 Å². The van der Waals surface area contributed by atoms with Crippen LogP contribution >= 0.6 is 0 Å². The third-order valence-electron chi connectivity index (χ3n) is 4.25. The Morgan fingerprint density at radius 3 is 2.15 bits per heavy atom. The molecule has 112 valence electrons. The van der Waals surface area contributed by atoms with Gasteiger partial charge in [-0.1, -0.05) is 25.8 Å². The van der Waals surface area contributed by atoms with Crippen molar-refractivity contribution in [1.82, 2.24) is 15.5 Å². The molecule has 0 spiro atoms. The van der Waals surface area contributed by atoms with Crippen LogP contribution in [0.25, 0.3) is 0 Å². The second kappa shape index (κ2) is 7.31. The summed E-state index contributed by atoms with van der Waals surface area (Å²) in [6.45, 7) is 4.87. The Morgan fingerprint density at radius 1 is 0.950 bits per heavy atom. The normalized spacial score (nSPS) is 21.3. The predicted molar refractivity (Wildman–Crippen MR) is 78.3 cm³/mol. The highest BCUT2D eigenvalue weighted by Crippen LogP contribution is 2.18. The first-order valence-corrected chi connectivity index (χ1v) is 7.67. The van der Waals surface area contributed by atoms with Crippen LogP contribution in [0.3, 0.4) is 0 Å². The minimum atomic E-state index is -0.130. The molecule has 0 radical (unpaired) electrons. The molecule has 3 amide bonds. The molecule has 0 atom stereocenters. The minimum Gasteiger partial charge on any atom is -0.350 e. The number of carbonyl (C=O) groups is 2. The molecule has 2 rings (SSSR count). The summed E-state index contributed by atoms with van der Waals surface area (Å²) in [5.41, 5.74) is 0. The quantitative estimate of drug-likeness (QED) is 0.774. The van der Waals surface area contributed by atoms with Gasteiger partial charge >= 0.3 is 6.03 Å². The number of hydrogen-bond donors (Lipinski definition) is 2. The van der Waals surface area contributed by atoms with Crippen molar-refractivity contribution < 1.29 is 9.59 Å². The highest BCUT2D eigenvalue weighted by molar-refractivity contribution is 5.87. The van der Waals surface area contributed by atoms with Crippen molar-refractivity contribution in [3.05, 3.63) is 12.7 Å². The first kappa shape index (κ1) is 14.9. The van der Waals surface area contributed by atoms with Gasteiger partial charge in [-0.05, 0) is 31.8 Å². The Hall–Kier alpha value is -1.52. The third kappa shape index (κ3) is 4.25. The maximum atomic E-state index is 12.2. The Balaban J connectivity index is 1.71. The Labute approximate surface area is 120 Å². The second-order valence-corrected chi connectivity index (χ2v) is 5.76. The molecule has 0 bridgehead atoms. The van der Waals surface area contributed by atoms with E-state index in [9.17, 15) is 9.59 Å². The maximum Gasteiger partial charge on any atom is 0.317 e. The van der Waals surface area contributed by atoms with E-state index in [4.69, 9.17) is 0 Å². The van der Waals surface area contributed by atoms with Crippen molar-refractivity contribution >= 4 is 11.9 Å². The molecule has 1 aliphatic carbocycles.